The summed E-state index contributed by atoms with van der Waals surface area (Å²) in [6.45, 7) is 2.38. The summed E-state index contributed by atoms with van der Waals surface area (Å²) < 4.78 is 7.62. The van der Waals surface area contributed by atoms with Gasteiger partial charge in [-0.05, 0) is 78.4 Å². The van der Waals surface area contributed by atoms with Gasteiger partial charge in [-0.3, -0.25) is 0 Å². The lowest BCUT2D eigenvalue weighted by atomic mass is 9.92. The van der Waals surface area contributed by atoms with E-state index in [4.69, 9.17) is 0 Å². The third-order valence-corrected chi connectivity index (χ3v) is 11.3. The molecule has 46 heavy (non-hydrogen) atoms. The topological polar surface area (TPSA) is 9.86 Å². The van der Waals surface area contributed by atoms with Gasteiger partial charge in [0.25, 0.3) is 0 Å². The third-order valence-electron chi connectivity index (χ3n) is 10.1. The monoisotopic (exact) mass is 606 g/mol. The Kier molecular flexibility index (Phi) is 5.38. The summed E-state index contributed by atoms with van der Waals surface area (Å²) in [4.78, 5) is 0. The number of hydrogen-bond acceptors (Lipinski definition) is 1. The van der Waals surface area contributed by atoms with E-state index in [0.29, 0.717) is 0 Å². The number of benzene rings is 6. The number of aromatic nitrogens is 2. The van der Waals surface area contributed by atoms with Crippen molar-refractivity contribution in [1.82, 2.24) is 9.13 Å². The zero-order valence-corrected chi connectivity index (χ0v) is 26.3. The van der Waals surface area contributed by atoms with Crippen LogP contribution >= 0.6 is 11.3 Å². The van der Waals surface area contributed by atoms with Crippen molar-refractivity contribution in [2.45, 2.75) is 18.9 Å². The number of rotatable bonds is 3. The van der Waals surface area contributed by atoms with Gasteiger partial charge >= 0.3 is 0 Å². The molecule has 1 atom stereocenters. The second-order valence-electron chi connectivity index (χ2n) is 12.8. The maximum Gasteiger partial charge on any atom is 0.0643 e. The molecule has 0 N–H and O–H groups in total. The van der Waals surface area contributed by atoms with Crippen LogP contribution in [-0.4, -0.2) is 9.13 Å². The van der Waals surface area contributed by atoms with Crippen molar-refractivity contribution in [3.8, 4) is 16.8 Å². The molecule has 1 aliphatic carbocycles. The first-order valence-electron chi connectivity index (χ1n) is 16.0. The largest absolute Gasteiger partial charge is 0.330 e. The van der Waals surface area contributed by atoms with Crippen molar-refractivity contribution < 1.29 is 0 Å². The minimum Gasteiger partial charge on any atom is -0.330 e. The minimum absolute atomic E-state index is 0.178. The van der Waals surface area contributed by atoms with E-state index in [-0.39, 0.29) is 5.54 Å². The molecule has 0 amide bonds. The first kappa shape index (κ1) is 25.9. The molecule has 10 rings (SSSR count). The molecule has 6 aromatic carbocycles. The highest BCUT2D eigenvalue weighted by Gasteiger charge is 2.29. The normalized spacial score (nSPS) is 16.6. The third kappa shape index (κ3) is 3.64. The van der Waals surface area contributed by atoms with Crippen LogP contribution in [0.15, 0.2) is 152 Å². The van der Waals surface area contributed by atoms with E-state index >= 15 is 0 Å². The van der Waals surface area contributed by atoms with E-state index in [1.165, 1.54) is 80.5 Å². The summed E-state index contributed by atoms with van der Waals surface area (Å²) in [7, 11) is 0. The van der Waals surface area contributed by atoms with Crippen molar-refractivity contribution in [2.24, 2.45) is 0 Å². The Morgan fingerprint density at radius 3 is 2.26 bits per heavy atom. The van der Waals surface area contributed by atoms with Crippen molar-refractivity contribution in [3.05, 3.63) is 152 Å². The Labute approximate surface area is 270 Å². The number of nitrogens with zero attached hydrogens (tertiary/aromatic N) is 2. The van der Waals surface area contributed by atoms with Crippen LogP contribution in [0.25, 0.3) is 80.5 Å². The van der Waals surface area contributed by atoms with Gasteiger partial charge in [-0.2, -0.15) is 0 Å². The summed E-state index contributed by atoms with van der Waals surface area (Å²) in [5.74, 6) is 0. The molecule has 0 saturated carbocycles. The van der Waals surface area contributed by atoms with E-state index in [2.05, 4.69) is 168 Å². The lowest BCUT2D eigenvalue weighted by Crippen LogP contribution is -2.27. The Bertz CT molecular complexity index is 2730. The fraction of sp³-hybridized carbons (Fsp3) is 0.0698. The molecule has 1 aliphatic rings. The van der Waals surface area contributed by atoms with Gasteiger partial charge in [0.05, 0.1) is 16.6 Å². The summed E-state index contributed by atoms with van der Waals surface area (Å²) in [6.07, 6.45) is 12.2. The maximum atomic E-state index is 2.64. The van der Waals surface area contributed by atoms with Gasteiger partial charge in [-0.25, -0.2) is 0 Å². The van der Waals surface area contributed by atoms with Gasteiger partial charge in [-0.1, -0.05) is 97.1 Å². The Morgan fingerprint density at radius 2 is 1.41 bits per heavy atom. The number of thiophene rings is 1. The average molecular weight is 607 g/mol. The quantitative estimate of drug-likeness (QED) is 0.189. The van der Waals surface area contributed by atoms with Crippen molar-refractivity contribution >= 4 is 75.0 Å². The highest BCUT2D eigenvalue weighted by molar-refractivity contribution is 7.26. The van der Waals surface area contributed by atoms with Gasteiger partial charge in [0.2, 0.25) is 0 Å². The molecule has 0 aliphatic heterocycles. The average Bonchev–Trinajstić information content (AvgIpc) is 3.80. The Morgan fingerprint density at radius 1 is 0.630 bits per heavy atom. The molecule has 3 aromatic heterocycles. The highest BCUT2D eigenvalue weighted by atomic mass is 32.1. The molecule has 0 bridgehead atoms. The Hall–Kier alpha value is -5.38. The van der Waals surface area contributed by atoms with Crippen molar-refractivity contribution in [2.75, 3.05) is 0 Å². The molecule has 3 heterocycles. The van der Waals surface area contributed by atoms with Crippen LogP contribution in [0.3, 0.4) is 0 Å². The number of para-hydroxylation sites is 1. The smallest absolute Gasteiger partial charge is 0.0643 e. The summed E-state index contributed by atoms with van der Waals surface area (Å²) in [5.41, 5.74) is 7.31. The molecule has 2 nitrogen and oxygen atoms in total. The molecule has 0 spiro atoms. The highest BCUT2D eigenvalue weighted by Crippen LogP contribution is 2.46. The molecular weight excluding hydrogens is 577 g/mol. The summed E-state index contributed by atoms with van der Waals surface area (Å²) in [5, 5.41) is 9.21. The van der Waals surface area contributed by atoms with Crippen LogP contribution in [-0.2, 0) is 5.54 Å². The predicted molar refractivity (Wildman–Crippen MR) is 199 cm³/mol. The van der Waals surface area contributed by atoms with Gasteiger partial charge in [0.1, 0.15) is 0 Å². The fourth-order valence-electron chi connectivity index (χ4n) is 7.82. The lowest BCUT2D eigenvalue weighted by Gasteiger charge is -2.31. The van der Waals surface area contributed by atoms with Crippen LogP contribution in [0.4, 0.5) is 0 Å². The standard InChI is InChI=1S/C43H30N2S/c1-43(23-8-3-9-24-43)45-38-21-17-30(29-16-20-37-31(26-29)22-25-44(37)32-10-4-2-5-11-32)27-36(38)34-18-14-28-15-19-35-33-12-6-7-13-39(33)46-42(35)40(28)41(34)45/h2-23,25-27H,24H2,1H3. The van der Waals surface area contributed by atoms with Gasteiger partial charge in [0, 0.05) is 59.1 Å². The zero-order valence-electron chi connectivity index (χ0n) is 25.4. The molecular formula is C43H30N2S. The number of fused-ring (bicyclic) bond motifs is 10. The zero-order chi connectivity index (χ0) is 30.4. The second-order valence-corrected chi connectivity index (χ2v) is 13.9. The predicted octanol–water partition coefficient (Wildman–Crippen LogP) is 12.2. The molecule has 0 radical (unpaired) electrons. The van der Waals surface area contributed by atoms with Crippen LogP contribution in [0.2, 0.25) is 0 Å². The van der Waals surface area contributed by atoms with Crippen LogP contribution in [0, 0.1) is 0 Å². The first-order chi connectivity index (χ1) is 22.7. The summed E-state index contributed by atoms with van der Waals surface area (Å²) >= 11 is 1.92. The molecule has 0 saturated heterocycles. The lowest BCUT2D eigenvalue weighted by molar-refractivity contribution is 0.438. The number of hydrogen-bond donors (Lipinski definition) is 0. The van der Waals surface area contributed by atoms with E-state index in [1.54, 1.807) is 0 Å². The molecule has 0 fully saturated rings. The van der Waals surface area contributed by atoms with E-state index < -0.39 is 0 Å². The van der Waals surface area contributed by atoms with E-state index in [1.807, 2.05) is 11.3 Å². The minimum atomic E-state index is -0.178. The van der Waals surface area contributed by atoms with Crippen molar-refractivity contribution in [1.29, 1.82) is 0 Å². The first-order valence-corrected chi connectivity index (χ1v) is 16.8. The van der Waals surface area contributed by atoms with Crippen molar-refractivity contribution in [3.63, 3.8) is 0 Å². The molecule has 3 heteroatoms. The van der Waals surface area contributed by atoms with Gasteiger partial charge < -0.3 is 9.13 Å². The van der Waals surface area contributed by atoms with E-state index in [9.17, 15) is 0 Å². The molecule has 9 aromatic rings. The SMILES string of the molecule is CC1(n2c3ccc(-c4ccc5c(ccn5-c5ccccc5)c4)cc3c3ccc4ccc5c6ccccc6sc5c4c32)C=CC=CC1. The van der Waals surface area contributed by atoms with Gasteiger partial charge in [0.15, 0.2) is 0 Å². The van der Waals surface area contributed by atoms with E-state index in [0.717, 1.165) is 6.42 Å². The summed E-state index contributed by atoms with van der Waals surface area (Å²) in [6, 6.07) is 44.9. The maximum absolute atomic E-state index is 2.64. The molecule has 1 unspecified atom stereocenters. The van der Waals surface area contributed by atoms with Crippen LogP contribution in [0.5, 0.6) is 0 Å². The van der Waals surface area contributed by atoms with Crippen LogP contribution < -0.4 is 0 Å². The van der Waals surface area contributed by atoms with Crippen LogP contribution in [0.1, 0.15) is 13.3 Å². The Balaban J connectivity index is 1.25. The van der Waals surface area contributed by atoms with Gasteiger partial charge in [-0.15, -0.1) is 11.3 Å². The molecule has 218 valence electrons. The number of allylic oxidation sites excluding steroid dienone is 4. The second kappa shape index (κ2) is 9.56. The fourth-order valence-corrected chi connectivity index (χ4v) is 9.08.